The molecular formula is C13H18N2O3. The lowest BCUT2D eigenvalue weighted by Gasteiger charge is -2.24. The summed E-state index contributed by atoms with van der Waals surface area (Å²) in [5, 5.41) is 8.82. The van der Waals surface area contributed by atoms with Gasteiger partial charge in [0, 0.05) is 18.2 Å². The number of carbonyl (C=O) groups is 2. The number of carbonyl (C=O) groups excluding carboxylic acids is 1. The van der Waals surface area contributed by atoms with Crippen LogP contribution < -0.4 is 5.73 Å². The summed E-state index contributed by atoms with van der Waals surface area (Å²) in [7, 11) is 0. The summed E-state index contributed by atoms with van der Waals surface area (Å²) in [6, 6.07) is 7.01. The number of benzene rings is 1. The molecule has 0 unspecified atom stereocenters. The van der Waals surface area contributed by atoms with Crippen LogP contribution in [-0.2, 0) is 11.3 Å². The van der Waals surface area contributed by atoms with Crippen LogP contribution >= 0.6 is 0 Å². The average Bonchev–Trinajstić information content (AvgIpc) is 2.28. The normalized spacial score (nSPS) is 10.9. The number of amides is 1. The van der Waals surface area contributed by atoms with E-state index in [1.807, 2.05) is 18.7 Å². The molecule has 0 bridgehead atoms. The fourth-order valence-corrected chi connectivity index (χ4v) is 1.60. The van der Waals surface area contributed by atoms with Crippen molar-refractivity contribution >= 4 is 11.9 Å². The minimum absolute atomic E-state index is 0.00472. The summed E-state index contributed by atoms with van der Waals surface area (Å²) in [4.78, 5) is 23.5. The molecule has 0 aliphatic carbocycles. The van der Waals surface area contributed by atoms with Gasteiger partial charge in [0.15, 0.2) is 0 Å². The first-order valence-corrected chi connectivity index (χ1v) is 5.74. The molecular weight excluding hydrogens is 232 g/mol. The molecule has 0 aliphatic heterocycles. The third-order valence-corrected chi connectivity index (χ3v) is 2.69. The van der Waals surface area contributed by atoms with Gasteiger partial charge in [-0.2, -0.15) is 0 Å². The van der Waals surface area contributed by atoms with Crippen LogP contribution in [0.4, 0.5) is 0 Å². The van der Waals surface area contributed by atoms with Gasteiger partial charge in [-0.3, -0.25) is 14.5 Å². The molecule has 0 aromatic heterocycles. The van der Waals surface area contributed by atoms with E-state index >= 15 is 0 Å². The molecule has 0 heterocycles. The summed E-state index contributed by atoms with van der Waals surface area (Å²) in [6.45, 7) is 4.42. The van der Waals surface area contributed by atoms with Crippen molar-refractivity contribution in [2.45, 2.75) is 26.4 Å². The number of carboxylic acid groups (broad SMARTS) is 1. The highest BCUT2D eigenvalue weighted by Gasteiger charge is 2.13. The van der Waals surface area contributed by atoms with Crippen molar-refractivity contribution in [3.8, 4) is 0 Å². The highest BCUT2D eigenvalue weighted by molar-refractivity contribution is 5.92. The van der Waals surface area contributed by atoms with Crippen molar-refractivity contribution in [1.82, 2.24) is 4.90 Å². The SMILES string of the molecule is CC(C)N(CC(=O)O)Cc1ccc(C(N)=O)cc1. The predicted molar refractivity (Wildman–Crippen MR) is 68.1 cm³/mol. The summed E-state index contributed by atoms with van der Waals surface area (Å²) in [6.07, 6.45) is 0. The van der Waals surface area contributed by atoms with Crippen molar-refractivity contribution in [3.05, 3.63) is 35.4 Å². The maximum absolute atomic E-state index is 10.9. The Bertz CT molecular complexity index is 426. The van der Waals surface area contributed by atoms with Crippen LogP contribution in [0.3, 0.4) is 0 Å². The smallest absolute Gasteiger partial charge is 0.317 e. The summed E-state index contributed by atoms with van der Waals surface area (Å²) in [5.41, 5.74) is 6.56. The maximum Gasteiger partial charge on any atom is 0.317 e. The molecule has 0 radical (unpaired) electrons. The van der Waals surface area contributed by atoms with Gasteiger partial charge in [-0.25, -0.2) is 0 Å². The van der Waals surface area contributed by atoms with E-state index in [1.54, 1.807) is 24.3 Å². The van der Waals surface area contributed by atoms with Gasteiger partial charge >= 0.3 is 5.97 Å². The zero-order chi connectivity index (χ0) is 13.7. The Labute approximate surface area is 106 Å². The highest BCUT2D eigenvalue weighted by Crippen LogP contribution is 2.09. The molecule has 0 fully saturated rings. The Morgan fingerprint density at radius 1 is 1.28 bits per heavy atom. The number of aliphatic carboxylic acids is 1. The Morgan fingerprint density at radius 3 is 2.22 bits per heavy atom. The molecule has 3 N–H and O–H groups in total. The highest BCUT2D eigenvalue weighted by atomic mass is 16.4. The van der Waals surface area contributed by atoms with Gasteiger partial charge in [-0.1, -0.05) is 12.1 Å². The maximum atomic E-state index is 10.9. The van der Waals surface area contributed by atoms with Gasteiger partial charge in [-0.05, 0) is 31.5 Å². The minimum atomic E-state index is -0.850. The lowest BCUT2D eigenvalue weighted by Crippen LogP contribution is -2.35. The van der Waals surface area contributed by atoms with E-state index in [0.29, 0.717) is 12.1 Å². The van der Waals surface area contributed by atoms with Gasteiger partial charge in [0.05, 0.1) is 6.54 Å². The molecule has 1 rings (SSSR count). The van der Waals surface area contributed by atoms with Crippen LogP contribution in [0.25, 0.3) is 0 Å². The third kappa shape index (κ3) is 4.18. The number of hydrogen-bond donors (Lipinski definition) is 2. The van der Waals surface area contributed by atoms with Crippen LogP contribution in [0.15, 0.2) is 24.3 Å². The van der Waals surface area contributed by atoms with Crippen LogP contribution in [0.2, 0.25) is 0 Å². The molecule has 0 atom stereocenters. The van der Waals surface area contributed by atoms with Crippen LogP contribution in [0, 0.1) is 0 Å². The van der Waals surface area contributed by atoms with Crippen molar-refractivity contribution in [2.24, 2.45) is 5.73 Å². The standard InChI is InChI=1S/C13H18N2O3/c1-9(2)15(8-12(16)17)7-10-3-5-11(6-4-10)13(14)18/h3-6,9H,7-8H2,1-2H3,(H2,14,18)(H,16,17). The molecule has 0 spiro atoms. The molecule has 5 nitrogen and oxygen atoms in total. The molecule has 1 aromatic rings. The monoisotopic (exact) mass is 250 g/mol. The fourth-order valence-electron chi connectivity index (χ4n) is 1.60. The Hall–Kier alpha value is -1.88. The van der Waals surface area contributed by atoms with Crippen molar-refractivity contribution in [1.29, 1.82) is 0 Å². The van der Waals surface area contributed by atoms with Gasteiger partial charge in [0.25, 0.3) is 0 Å². The average molecular weight is 250 g/mol. The molecule has 5 heteroatoms. The predicted octanol–water partition coefficient (Wildman–Crippen LogP) is 1.08. The molecule has 0 saturated carbocycles. The molecule has 0 saturated heterocycles. The van der Waals surface area contributed by atoms with Crippen molar-refractivity contribution in [3.63, 3.8) is 0 Å². The first-order valence-electron chi connectivity index (χ1n) is 5.74. The second-order valence-corrected chi connectivity index (χ2v) is 4.45. The van der Waals surface area contributed by atoms with E-state index in [4.69, 9.17) is 10.8 Å². The van der Waals surface area contributed by atoms with E-state index in [0.717, 1.165) is 5.56 Å². The Kier molecular flexibility index (Phi) is 4.85. The molecule has 18 heavy (non-hydrogen) atoms. The lowest BCUT2D eigenvalue weighted by molar-refractivity contribution is -0.138. The number of rotatable bonds is 6. The molecule has 1 amide bonds. The Morgan fingerprint density at radius 2 is 1.83 bits per heavy atom. The second kappa shape index (κ2) is 6.16. The van der Waals surface area contributed by atoms with Gasteiger partial charge in [0.2, 0.25) is 5.91 Å². The van der Waals surface area contributed by atoms with E-state index in [1.165, 1.54) is 0 Å². The number of hydrogen-bond acceptors (Lipinski definition) is 3. The quantitative estimate of drug-likeness (QED) is 0.791. The number of primary amides is 1. The van der Waals surface area contributed by atoms with Crippen LogP contribution in [-0.4, -0.2) is 34.5 Å². The molecule has 98 valence electrons. The van der Waals surface area contributed by atoms with Crippen LogP contribution in [0.5, 0.6) is 0 Å². The zero-order valence-electron chi connectivity index (χ0n) is 10.6. The lowest BCUT2D eigenvalue weighted by atomic mass is 10.1. The van der Waals surface area contributed by atoms with Crippen molar-refractivity contribution < 1.29 is 14.7 Å². The van der Waals surface area contributed by atoms with E-state index in [9.17, 15) is 9.59 Å². The minimum Gasteiger partial charge on any atom is -0.480 e. The molecule has 1 aromatic carbocycles. The van der Waals surface area contributed by atoms with Gasteiger partial charge < -0.3 is 10.8 Å². The molecule has 0 aliphatic rings. The topological polar surface area (TPSA) is 83.6 Å². The summed E-state index contributed by atoms with van der Waals surface area (Å²) in [5.74, 6) is -1.31. The van der Waals surface area contributed by atoms with E-state index < -0.39 is 11.9 Å². The number of nitrogens with zero attached hydrogens (tertiary/aromatic N) is 1. The second-order valence-electron chi connectivity index (χ2n) is 4.45. The van der Waals surface area contributed by atoms with Crippen LogP contribution in [0.1, 0.15) is 29.8 Å². The summed E-state index contributed by atoms with van der Waals surface area (Å²) >= 11 is 0. The van der Waals surface area contributed by atoms with E-state index in [2.05, 4.69) is 0 Å². The third-order valence-electron chi connectivity index (χ3n) is 2.69. The Balaban J connectivity index is 2.74. The largest absolute Gasteiger partial charge is 0.480 e. The zero-order valence-corrected chi connectivity index (χ0v) is 10.6. The van der Waals surface area contributed by atoms with E-state index in [-0.39, 0.29) is 12.6 Å². The first-order chi connectivity index (χ1) is 8.40. The van der Waals surface area contributed by atoms with Crippen molar-refractivity contribution in [2.75, 3.05) is 6.54 Å². The number of nitrogens with two attached hydrogens (primary N) is 1. The summed E-state index contributed by atoms with van der Waals surface area (Å²) < 4.78 is 0. The van der Waals surface area contributed by atoms with Gasteiger partial charge in [0.1, 0.15) is 0 Å². The van der Waals surface area contributed by atoms with Gasteiger partial charge in [-0.15, -0.1) is 0 Å². The fraction of sp³-hybridized carbons (Fsp3) is 0.385. The first kappa shape index (κ1) is 14.2. The number of carboxylic acids is 1.